The molecule has 3 nitrogen and oxygen atoms in total. The molecular weight excluding hydrogens is 334 g/mol. The third-order valence-corrected chi connectivity index (χ3v) is 5.37. The molecule has 2 atom stereocenters. The van der Waals surface area contributed by atoms with Gasteiger partial charge in [0.05, 0.1) is 5.69 Å². The number of para-hydroxylation sites is 1. The van der Waals surface area contributed by atoms with Gasteiger partial charge in [-0.1, -0.05) is 45.0 Å². The van der Waals surface area contributed by atoms with Crippen molar-refractivity contribution in [3.8, 4) is 5.75 Å². The predicted molar refractivity (Wildman–Crippen MR) is 112 cm³/mol. The average molecular weight is 361 g/mol. The summed E-state index contributed by atoms with van der Waals surface area (Å²) in [7, 11) is 0. The fraction of sp³-hybridized carbons (Fsp3) is 0.333. The second-order valence-corrected chi connectivity index (χ2v) is 7.70. The van der Waals surface area contributed by atoms with Crippen molar-refractivity contribution in [1.29, 1.82) is 0 Å². The molecule has 1 fully saturated rings. The van der Waals surface area contributed by atoms with Gasteiger partial charge in [0.15, 0.2) is 5.78 Å². The van der Waals surface area contributed by atoms with E-state index in [-0.39, 0.29) is 11.7 Å². The summed E-state index contributed by atoms with van der Waals surface area (Å²) in [4.78, 5) is 17.2. The lowest BCUT2D eigenvalue weighted by Gasteiger charge is -2.30. The highest BCUT2D eigenvalue weighted by Crippen LogP contribution is 2.35. The van der Waals surface area contributed by atoms with Crippen LogP contribution in [0.15, 0.2) is 59.1 Å². The van der Waals surface area contributed by atoms with Gasteiger partial charge in [0.2, 0.25) is 0 Å². The Hall–Kier alpha value is -2.68. The molecule has 2 aromatic carbocycles. The molecule has 1 N–H and O–H groups in total. The number of hydrogen-bond acceptors (Lipinski definition) is 3. The number of allylic oxidation sites excluding steroid dienone is 1. The van der Waals surface area contributed by atoms with Gasteiger partial charge in [-0.15, -0.1) is 0 Å². The number of carbonyl (C=O) groups is 1. The summed E-state index contributed by atoms with van der Waals surface area (Å²) in [6.07, 6.45) is 5.76. The molecule has 0 aromatic heterocycles. The average Bonchev–Trinajstić information content (AvgIpc) is 2.65. The molecule has 1 aliphatic rings. The maximum Gasteiger partial charge on any atom is 0.162 e. The summed E-state index contributed by atoms with van der Waals surface area (Å²) in [5.41, 5.74) is 3.47. The van der Waals surface area contributed by atoms with E-state index in [0.717, 1.165) is 29.7 Å². The molecule has 2 unspecified atom stereocenters. The second kappa shape index (κ2) is 8.34. The van der Waals surface area contributed by atoms with Crippen molar-refractivity contribution in [1.82, 2.24) is 0 Å². The molecule has 27 heavy (non-hydrogen) atoms. The molecule has 0 radical (unpaired) electrons. The first-order valence-electron chi connectivity index (χ1n) is 9.63. The molecule has 2 aromatic rings. The number of aromatic hydroxyl groups is 1. The summed E-state index contributed by atoms with van der Waals surface area (Å²) in [6.45, 7) is 6.41. The monoisotopic (exact) mass is 361 g/mol. The molecule has 0 saturated heterocycles. The van der Waals surface area contributed by atoms with Crippen molar-refractivity contribution in [2.24, 2.45) is 22.7 Å². The summed E-state index contributed by atoms with van der Waals surface area (Å²) in [6, 6.07) is 15.0. The van der Waals surface area contributed by atoms with Crippen molar-refractivity contribution in [3.63, 3.8) is 0 Å². The highest BCUT2D eigenvalue weighted by atomic mass is 16.3. The van der Waals surface area contributed by atoms with E-state index < -0.39 is 0 Å². The number of phenolic OH excluding ortho intramolecular Hbond substituents is 1. The van der Waals surface area contributed by atoms with Gasteiger partial charge in [-0.05, 0) is 66.2 Å². The molecule has 3 heteroatoms. The van der Waals surface area contributed by atoms with Crippen LogP contribution in [-0.4, -0.2) is 17.1 Å². The Morgan fingerprint density at radius 1 is 1.07 bits per heavy atom. The third-order valence-electron chi connectivity index (χ3n) is 5.37. The number of Topliss-reactive ketones (excluding diaryl/α,β-unsaturated/α-hetero) is 1. The van der Waals surface area contributed by atoms with Crippen LogP contribution in [0.25, 0.3) is 6.08 Å². The van der Waals surface area contributed by atoms with Crippen LogP contribution in [0.1, 0.15) is 44.7 Å². The van der Waals surface area contributed by atoms with Crippen LogP contribution in [0.4, 0.5) is 5.69 Å². The highest BCUT2D eigenvalue weighted by molar-refractivity contribution is 6.02. The fourth-order valence-electron chi connectivity index (χ4n) is 3.60. The first-order chi connectivity index (χ1) is 13.0. The molecule has 0 aliphatic heterocycles. The minimum Gasteiger partial charge on any atom is -0.507 e. The zero-order valence-corrected chi connectivity index (χ0v) is 16.2. The van der Waals surface area contributed by atoms with Gasteiger partial charge >= 0.3 is 0 Å². The van der Waals surface area contributed by atoms with E-state index in [1.54, 1.807) is 18.3 Å². The van der Waals surface area contributed by atoms with Crippen LogP contribution < -0.4 is 0 Å². The quantitative estimate of drug-likeness (QED) is 0.553. The number of rotatable bonds is 4. The largest absolute Gasteiger partial charge is 0.507 e. The molecular formula is C24H27NO2. The maximum absolute atomic E-state index is 12.8. The van der Waals surface area contributed by atoms with Gasteiger partial charge in [0.1, 0.15) is 5.75 Å². The first-order valence-corrected chi connectivity index (χ1v) is 9.63. The van der Waals surface area contributed by atoms with E-state index in [1.807, 2.05) is 42.5 Å². The van der Waals surface area contributed by atoms with Crippen LogP contribution in [0.3, 0.4) is 0 Å². The Labute approximate surface area is 161 Å². The second-order valence-electron chi connectivity index (χ2n) is 7.70. The number of hydrogen-bond donors (Lipinski definition) is 1. The summed E-state index contributed by atoms with van der Waals surface area (Å²) in [5, 5.41) is 9.79. The Balaban J connectivity index is 1.78. The van der Waals surface area contributed by atoms with Crippen LogP contribution in [-0.2, 0) is 4.79 Å². The minimum absolute atomic E-state index is 0.148. The van der Waals surface area contributed by atoms with Gasteiger partial charge in [0.25, 0.3) is 0 Å². The number of benzene rings is 2. The van der Waals surface area contributed by atoms with Gasteiger partial charge in [-0.3, -0.25) is 9.79 Å². The van der Waals surface area contributed by atoms with E-state index in [4.69, 9.17) is 0 Å². The van der Waals surface area contributed by atoms with Gasteiger partial charge in [-0.25, -0.2) is 0 Å². The van der Waals surface area contributed by atoms with E-state index in [0.29, 0.717) is 23.2 Å². The smallest absolute Gasteiger partial charge is 0.162 e. The van der Waals surface area contributed by atoms with E-state index in [2.05, 4.69) is 25.8 Å². The van der Waals surface area contributed by atoms with Crippen LogP contribution in [0, 0.1) is 17.8 Å². The Bertz CT molecular complexity index is 862. The fourth-order valence-corrected chi connectivity index (χ4v) is 3.60. The number of carbonyl (C=O) groups excluding carboxylic acids is 1. The van der Waals surface area contributed by atoms with E-state index >= 15 is 0 Å². The van der Waals surface area contributed by atoms with Gasteiger partial charge in [-0.2, -0.15) is 0 Å². The van der Waals surface area contributed by atoms with Crippen molar-refractivity contribution in [2.45, 2.75) is 33.6 Å². The zero-order valence-electron chi connectivity index (χ0n) is 16.2. The van der Waals surface area contributed by atoms with Crippen molar-refractivity contribution in [2.75, 3.05) is 0 Å². The normalized spacial score (nSPS) is 22.1. The van der Waals surface area contributed by atoms with Crippen LogP contribution in [0.5, 0.6) is 5.75 Å². The van der Waals surface area contributed by atoms with Crippen molar-refractivity contribution >= 4 is 23.8 Å². The molecule has 1 aliphatic carbocycles. The lowest BCUT2D eigenvalue weighted by atomic mass is 9.73. The Morgan fingerprint density at radius 3 is 2.44 bits per heavy atom. The number of phenols is 1. The molecule has 0 bridgehead atoms. The lowest BCUT2D eigenvalue weighted by molar-refractivity contribution is -0.122. The van der Waals surface area contributed by atoms with E-state index in [1.165, 1.54) is 0 Å². The molecule has 0 amide bonds. The highest BCUT2D eigenvalue weighted by Gasteiger charge is 2.32. The number of nitrogens with zero attached hydrogens (tertiary/aromatic N) is 1. The first kappa shape index (κ1) is 19.1. The molecule has 0 heterocycles. The zero-order chi connectivity index (χ0) is 19.4. The number of ketones is 1. The Kier molecular flexibility index (Phi) is 5.90. The van der Waals surface area contributed by atoms with Gasteiger partial charge < -0.3 is 5.11 Å². The summed E-state index contributed by atoms with van der Waals surface area (Å²) in [5.74, 6) is 1.37. The minimum atomic E-state index is 0.148. The standard InChI is InChI=1S/C24H27NO2/c1-16(2)21-13-8-17(3)22(24(21)27)14-18-9-11-20(12-10-18)25-15-19-6-4-5-7-23(19)26/h4-7,9-12,14-17,21,26H,8,13H2,1-3H3. The SMILES string of the molecule is CC1CCC(C(C)C)C(=O)C1=Cc1ccc(N=Cc2ccccc2O)cc1. The van der Waals surface area contributed by atoms with Crippen LogP contribution >= 0.6 is 0 Å². The maximum atomic E-state index is 12.8. The van der Waals surface area contributed by atoms with Gasteiger partial charge in [0, 0.05) is 17.7 Å². The molecule has 140 valence electrons. The van der Waals surface area contributed by atoms with Crippen LogP contribution in [0.2, 0.25) is 0 Å². The molecule has 0 spiro atoms. The van der Waals surface area contributed by atoms with Crippen molar-refractivity contribution in [3.05, 3.63) is 65.2 Å². The third kappa shape index (κ3) is 4.54. The molecule has 3 rings (SSSR count). The van der Waals surface area contributed by atoms with E-state index in [9.17, 15) is 9.90 Å². The summed E-state index contributed by atoms with van der Waals surface area (Å²) < 4.78 is 0. The van der Waals surface area contributed by atoms with Crippen molar-refractivity contribution < 1.29 is 9.90 Å². The summed E-state index contributed by atoms with van der Waals surface area (Å²) >= 11 is 0. The predicted octanol–water partition coefficient (Wildman–Crippen LogP) is 5.80. The molecule has 1 saturated carbocycles. The topological polar surface area (TPSA) is 49.7 Å². The lowest BCUT2D eigenvalue weighted by Crippen LogP contribution is -2.30. The Morgan fingerprint density at radius 2 is 1.78 bits per heavy atom. The number of aliphatic imine (C=N–C) groups is 1.